The van der Waals surface area contributed by atoms with Crippen LogP contribution in [0.3, 0.4) is 0 Å². The second kappa shape index (κ2) is 20.3. The topological polar surface area (TPSA) is 162 Å². The Kier molecular flexibility index (Phi) is 14.0. The predicted octanol–water partition coefficient (Wildman–Crippen LogP) is 8.98. The molecule has 0 spiro atoms. The summed E-state index contributed by atoms with van der Waals surface area (Å²) in [4.78, 5) is 52.0. The Morgan fingerprint density at radius 1 is 0.986 bits per heavy atom. The number of fused-ring (bicyclic) bond motifs is 7. The molecule has 15 nitrogen and oxygen atoms in total. The summed E-state index contributed by atoms with van der Waals surface area (Å²) in [6, 6.07) is 17.0. The molecular weight excluding hydrogens is 925 g/mol. The van der Waals surface area contributed by atoms with Crippen molar-refractivity contribution in [3.05, 3.63) is 113 Å². The van der Waals surface area contributed by atoms with E-state index in [1.807, 2.05) is 45.9 Å². The number of aromatic nitrogens is 4. The molecule has 0 aliphatic carbocycles. The van der Waals surface area contributed by atoms with Crippen LogP contribution < -0.4 is 18.9 Å². The fourth-order valence-electron chi connectivity index (χ4n) is 8.50. The molecule has 1 amide bonds. The number of nitrogens with zero attached hydrogens (tertiary/aromatic N) is 7. The Morgan fingerprint density at radius 3 is 2.52 bits per heavy atom. The normalized spacial score (nSPS) is 18.1. The molecule has 0 saturated carbocycles. The van der Waals surface area contributed by atoms with Gasteiger partial charge in [0.25, 0.3) is 0 Å². The highest BCUT2D eigenvalue weighted by Crippen LogP contribution is 2.50. The molecule has 3 aromatic heterocycles. The molecule has 18 heteroatoms. The average Bonchev–Trinajstić information content (AvgIpc) is 3.72. The molecule has 1 saturated heterocycles. The number of hydrogen-bond donors (Lipinski definition) is 1. The van der Waals surface area contributed by atoms with Crippen molar-refractivity contribution in [2.75, 3.05) is 59.5 Å². The van der Waals surface area contributed by atoms with Crippen LogP contribution in [0.2, 0.25) is 5.02 Å². The van der Waals surface area contributed by atoms with E-state index in [-0.39, 0.29) is 37.4 Å². The van der Waals surface area contributed by atoms with Crippen molar-refractivity contribution in [3.63, 3.8) is 0 Å². The number of carboxylic acids is 1. The fourth-order valence-corrected chi connectivity index (χ4v) is 9.86. The Morgan fingerprint density at radius 2 is 1.78 bits per heavy atom. The third-order valence-corrected chi connectivity index (χ3v) is 13.8. The molecule has 7 heterocycles. The van der Waals surface area contributed by atoms with E-state index in [1.54, 1.807) is 47.5 Å². The zero-order valence-corrected chi connectivity index (χ0v) is 40.6. The highest BCUT2D eigenvalue weighted by molar-refractivity contribution is 7.22. The number of hydrogen-bond acceptors (Lipinski definition) is 14. The average molecular weight is 979 g/mol. The molecule has 1 N–H and O–H groups in total. The Bertz CT molecular complexity index is 2900. The third kappa shape index (κ3) is 11.1. The Balaban J connectivity index is 1.07. The number of piperazine rings is 1. The van der Waals surface area contributed by atoms with Gasteiger partial charge in [-0.1, -0.05) is 35.9 Å². The van der Waals surface area contributed by atoms with Gasteiger partial charge in [-0.2, -0.15) is 0 Å². The first-order valence-electron chi connectivity index (χ1n) is 22.8. The van der Waals surface area contributed by atoms with Crippen LogP contribution in [0.15, 0.2) is 79.3 Å². The van der Waals surface area contributed by atoms with Gasteiger partial charge in [0.1, 0.15) is 59.1 Å². The summed E-state index contributed by atoms with van der Waals surface area (Å²) in [5, 5.41) is 11.7. The summed E-state index contributed by atoms with van der Waals surface area (Å²) < 4.78 is 46.0. The van der Waals surface area contributed by atoms with E-state index in [9.17, 15) is 19.1 Å². The second-order valence-electron chi connectivity index (χ2n) is 18.4. The Hall–Kier alpha value is -6.40. The van der Waals surface area contributed by atoms with Crippen LogP contribution in [-0.4, -0.2) is 129 Å². The molecule has 4 aliphatic rings. The highest BCUT2D eigenvalue weighted by Gasteiger charge is 2.31. The molecule has 0 unspecified atom stereocenters. The molecule has 69 heavy (non-hydrogen) atoms. The van der Waals surface area contributed by atoms with Crippen LogP contribution in [0.5, 0.6) is 23.1 Å². The van der Waals surface area contributed by atoms with Crippen molar-refractivity contribution in [1.82, 2.24) is 34.6 Å². The van der Waals surface area contributed by atoms with Crippen molar-refractivity contribution in [2.45, 2.75) is 65.0 Å². The lowest BCUT2D eigenvalue weighted by atomic mass is 9.96. The second-order valence-corrected chi connectivity index (χ2v) is 19.7. The van der Waals surface area contributed by atoms with Crippen LogP contribution in [0.25, 0.3) is 37.4 Å². The van der Waals surface area contributed by atoms with Crippen LogP contribution >= 0.6 is 22.9 Å². The molecule has 2 atom stereocenters. The molecule has 10 rings (SSSR count). The summed E-state index contributed by atoms with van der Waals surface area (Å²) in [5.41, 5.74) is 4.20. The number of thiophene rings is 1. The largest absolute Gasteiger partial charge is 0.490 e. The molecule has 1 fully saturated rings. The fraction of sp³-hybridized carbons (Fsp3) is 0.373. The molecule has 3 aromatic carbocycles. The number of likely N-dealkylation sites (N-methyl/N-ethyl adjacent to an activating group) is 1. The number of carbonyl (C=O) groups excluding carboxylic acids is 1. The minimum atomic E-state index is -1.46. The van der Waals surface area contributed by atoms with Crippen molar-refractivity contribution < 1.29 is 42.8 Å². The first-order chi connectivity index (χ1) is 33.2. The summed E-state index contributed by atoms with van der Waals surface area (Å²) in [5.74, 6) is 0.303. The van der Waals surface area contributed by atoms with Gasteiger partial charge in [0, 0.05) is 74.4 Å². The maximum atomic E-state index is 14.3. The zero-order chi connectivity index (χ0) is 48.4. The lowest BCUT2D eigenvalue weighted by Gasteiger charge is -2.34. The van der Waals surface area contributed by atoms with Gasteiger partial charge in [0.2, 0.25) is 12.0 Å². The number of amides is 1. The van der Waals surface area contributed by atoms with Crippen molar-refractivity contribution >= 4 is 50.8 Å². The molecule has 0 radical (unpaired) electrons. The molecule has 4 bridgehead atoms. The summed E-state index contributed by atoms with van der Waals surface area (Å²) in [7, 11) is 2.11. The van der Waals surface area contributed by atoms with Gasteiger partial charge in [0.15, 0.2) is 5.82 Å². The zero-order valence-electron chi connectivity index (χ0n) is 39.0. The summed E-state index contributed by atoms with van der Waals surface area (Å²) >= 11 is 8.60. The minimum Gasteiger partial charge on any atom is -0.490 e. The van der Waals surface area contributed by atoms with E-state index in [0.29, 0.717) is 86.8 Å². The predicted molar refractivity (Wildman–Crippen MR) is 261 cm³/mol. The lowest BCUT2D eigenvalue weighted by molar-refractivity contribution is -0.145. The first-order valence-corrected chi connectivity index (χ1v) is 24.0. The molecule has 360 valence electrons. The van der Waals surface area contributed by atoms with Gasteiger partial charge in [-0.05, 0) is 106 Å². The summed E-state index contributed by atoms with van der Waals surface area (Å²) in [6.07, 6.45) is 3.05. The van der Waals surface area contributed by atoms with Gasteiger partial charge < -0.3 is 38.6 Å². The SMILES string of the molecule is Cc1c2ccc(c1Cl)O[C@H](CN1CCN(C)CC1)COc1ccc(OCc3ccnc(C4=CCN(C(=O)OC(C)(C)C)CC4)n3)c(c1)C[C@H](C(=O)O)Oc1ncnc3sc(-c4ccc(F)cc4)c-2c13. The number of halogens is 2. The molecular formula is C51H53ClFN7O8S. The number of aliphatic carboxylic acids is 1. The van der Waals surface area contributed by atoms with E-state index >= 15 is 0 Å². The molecule has 4 aliphatic heterocycles. The smallest absolute Gasteiger partial charge is 0.410 e. The van der Waals surface area contributed by atoms with Crippen molar-refractivity contribution in [3.8, 4) is 44.7 Å². The monoisotopic (exact) mass is 977 g/mol. The standard InChI is InChI=1S/C51H53ClFN7O8S/c1-30-38-11-13-40(44(30)52)66-37(26-59-22-20-58(5)21-23-59)28-64-36-10-12-39(65-27-35-14-17-54-46(57-35)32-15-18-60(19-16-32)50(63)68-51(2,3)4)33(24-36)25-41(49(61)62)67-47-43-42(38)45(69-48(43)56-29-55-47)31-6-8-34(53)9-7-31/h6-15,17,24,29,37,41H,16,18-23,25-28H2,1-5H3,(H,61,62)/t37-,41-/m1/s1. The van der Waals surface area contributed by atoms with E-state index in [4.69, 9.17) is 40.3 Å². The highest BCUT2D eigenvalue weighted by atomic mass is 35.5. The third-order valence-electron chi connectivity index (χ3n) is 12.2. The maximum absolute atomic E-state index is 14.3. The van der Waals surface area contributed by atoms with E-state index in [0.717, 1.165) is 47.8 Å². The van der Waals surface area contributed by atoms with Crippen LogP contribution in [0.4, 0.5) is 9.18 Å². The number of rotatable bonds is 8. The van der Waals surface area contributed by atoms with E-state index in [1.165, 1.54) is 29.8 Å². The molecule has 6 aromatic rings. The van der Waals surface area contributed by atoms with Gasteiger partial charge in [-0.3, -0.25) is 4.90 Å². The lowest BCUT2D eigenvalue weighted by Crippen LogP contribution is -2.49. The van der Waals surface area contributed by atoms with Crippen molar-refractivity contribution in [1.29, 1.82) is 0 Å². The van der Waals surface area contributed by atoms with Gasteiger partial charge >= 0.3 is 12.1 Å². The quantitative estimate of drug-likeness (QED) is 0.154. The number of ether oxygens (including phenoxy) is 5. The van der Waals surface area contributed by atoms with Gasteiger partial charge in [-0.25, -0.2) is 33.9 Å². The maximum Gasteiger partial charge on any atom is 0.410 e. The van der Waals surface area contributed by atoms with E-state index in [2.05, 4.69) is 31.8 Å². The van der Waals surface area contributed by atoms with Gasteiger partial charge in [-0.15, -0.1) is 11.3 Å². The first kappa shape index (κ1) is 47.7. The summed E-state index contributed by atoms with van der Waals surface area (Å²) in [6.45, 7) is 12.5. The van der Waals surface area contributed by atoms with Crippen LogP contribution in [0, 0.1) is 12.7 Å². The van der Waals surface area contributed by atoms with E-state index < -0.39 is 23.8 Å². The minimum absolute atomic E-state index is 0.0356. The Labute approximate surface area is 408 Å². The van der Waals surface area contributed by atoms with Crippen molar-refractivity contribution in [2.24, 2.45) is 0 Å². The number of benzene rings is 3. The number of carbonyl (C=O) groups is 2. The van der Waals surface area contributed by atoms with Gasteiger partial charge in [0.05, 0.1) is 16.1 Å². The van der Waals surface area contributed by atoms with Crippen LogP contribution in [-0.2, 0) is 22.6 Å². The number of carboxylic acid groups (broad SMARTS) is 1. The van der Waals surface area contributed by atoms with Crippen LogP contribution in [0.1, 0.15) is 49.8 Å².